The summed E-state index contributed by atoms with van der Waals surface area (Å²) < 4.78 is 13.2. The number of amides is 1. The fourth-order valence-corrected chi connectivity index (χ4v) is 4.88. The predicted molar refractivity (Wildman–Crippen MR) is 116 cm³/mol. The Kier molecular flexibility index (Phi) is 7.05. The Balaban J connectivity index is 1.20. The highest BCUT2D eigenvalue weighted by molar-refractivity contribution is 5.77. The standard InChI is InChI=1S/C23H35N5O3/c1-16-20(17(2)27(3)25-16)8-9-22(29)28-12-10-19(14-28)23-24-21(26-31-23)11-13-30-15-18-6-4-5-7-18/h18-19H,4-15H2,1-3H3. The van der Waals surface area contributed by atoms with Crippen LogP contribution in [0.2, 0.25) is 0 Å². The first kappa shape index (κ1) is 22.0. The molecule has 8 nitrogen and oxygen atoms in total. The molecule has 31 heavy (non-hydrogen) atoms. The number of nitrogens with zero attached hydrogens (tertiary/aromatic N) is 5. The molecule has 2 aliphatic rings. The molecular formula is C23H35N5O3. The summed E-state index contributed by atoms with van der Waals surface area (Å²) in [6.07, 6.45) is 8.06. The van der Waals surface area contributed by atoms with Crippen LogP contribution >= 0.6 is 0 Å². The molecule has 0 bridgehead atoms. The summed E-state index contributed by atoms with van der Waals surface area (Å²) in [7, 11) is 1.94. The average molecular weight is 430 g/mol. The lowest BCUT2D eigenvalue weighted by Crippen LogP contribution is -2.28. The van der Waals surface area contributed by atoms with Crippen LogP contribution in [0.25, 0.3) is 0 Å². The normalized spacial score (nSPS) is 19.6. The molecule has 1 amide bonds. The number of ether oxygens (including phenoxy) is 1. The van der Waals surface area contributed by atoms with Gasteiger partial charge in [-0.25, -0.2) is 0 Å². The Labute approximate surface area is 184 Å². The molecule has 2 fully saturated rings. The molecule has 170 valence electrons. The van der Waals surface area contributed by atoms with Gasteiger partial charge in [-0.15, -0.1) is 0 Å². The van der Waals surface area contributed by atoms with Crippen molar-refractivity contribution in [2.75, 3.05) is 26.3 Å². The predicted octanol–water partition coefficient (Wildman–Crippen LogP) is 3.12. The SMILES string of the molecule is Cc1nn(C)c(C)c1CCC(=O)N1CCC(c2nc(CCOCC3CCCC3)no2)C1. The highest BCUT2D eigenvalue weighted by atomic mass is 16.5. The number of carbonyl (C=O) groups excluding carboxylic acids is 1. The van der Waals surface area contributed by atoms with Gasteiger partial charge in [-0.05, 0) is 51.0 Å². The van der Waals surface area contributed by atoms with Crippen LogP contribution in [-0.2, 0) is 29.4 Å². The zero-order valence-electron chi connectivity index (χ0n) is 19.1. The molecular weight excluding hydrogens is 394 g/mol. The minimum Gasteiger partial charge on any atom is -0.381 e. The maximum atomic E-state index is 12.7. The summed E-state index contributed by atoms with van der Waals surface area (Å²) in [5.74, 6) is 2.40. The fraction of sp³-hybridized carbons (Fsp3) is 0.739. The average Bonchev–Trinajstić information content (AvgIpc) is 3.54. The minimum atomic E-state index is 0.131. The molecule has 4 rings (SSSR count). The molecule has 1 aliphatic carbocycles. The van der Waals surface area contributed by atoms with E-state index in [9.17, 15) is 4.79 Å². The summed E-state index contributed by atoms with van der Waals surface area (Å²) in [5.41, 5.74) is 3.33. The molecule has 3 heterocycles. The Hall–Kier alpha value is -2.22. The van der Waals surface area contributed by atoms with Crippen LogP contribution in [0.5, 0.6) is 0 Å². The third-order valence-electron chi connectivity index (χ3n) is 6.92. The van der Waals surface area contributed by atoms with Gasteiger partial charge in [0.1, 0.15) is 0 Å². The van der Waals surface area contributed by atoms with Crippen LogP contribution in [0, 0.1) is 19.8 Å². The van der Waals surface area contributed by atoms with Crippen LogP contribution in [0.1, 0.15) is 73.1 Å². The number of hydrogen-bond donors (Lipinski definition) is 0. The van der Waals surface area contributed by atoms with Crippen molar-refractivity contribution < 1.29 is 14.1 Å². The van der Waals surface area contributed by atoms with E-state index in [0.29, 0.717) is 37.7 Å². The van der Waals surface area contributed by atoms with Gasteiger partial charge in [0, 0.05) is 45.3 Å². The van der Waals surface area contributed by atoms with Crippen molar-refractivity contribution in [3.05, 3.63) is 28.7 Å². The van der Waals surface area contributed by atoms with E-state index in [2.05, 4.69) is 22.2 Å². The molecule has 0 radical (unpaired) electrons. The van der Waals surface area contributed by atoms with E-state index >= 15 is 0 Å². The van der Waals surface area contributed by atoms with Gasteiger partial charge in [-0.2, -0.15) is 10.1 Å². The third kappa shape index (κ3) is 5.34. The smallest absolute Gasteiger partial charge is 0.231 e. The van der Waals surface area contributed by atoms with Gasteiger partial charge in [-0.3, -0.25) is 9.48 Å². The van der Waals surface area contributed by atoms with Crippen molar-refractivity contribution in [3.63, 3.8) is 0 Å². The summed E-state index contributed by atoms with van der Waals surface area (Å²) >= 11 is 0. The molecule has 0 spiro atoms. The summed E-state index contributed by atoms with van der Waals surface area (Å²) in [5, 5.41) is 8.56. The molecule has 2 aromatic rings. The second-order valence-electron chi connectivity index (χ2n) is 9.12. The maximum Gasteiger partial charge on any atom is 0.231 e. The van der Waals surface area contributed by atoms with Gasteiger partial charge < -0.3 is 14.2 Å². The first-order valence-electron chi connectivity index (χ1n) is 11.7. The largest absolute Gasteiger partial charge is 0.381 e. The zero-order chi connectivity index (χ0) is 21.8. The number of aromatic nitrogens is 4. The van der Waals surface area contributed by atoms with E-state index in [0.717, 1.165) is 43.3 Å². The Morgan fingerprint density at radius 1 is 1.19 bits per heavy atom. The minimum absolute atomic E-state index is 0.131. The fourth-order valence-electron chi connectivity index (χ4n) is 4.88. The van der Waals surface area contributed by atoms with Gasteiger partial charge in [0.15, 0.2) is 5.82 Å². The first-order chi connectivity index (χ1) is 15.0. The van der Waals surface area contributed by atoms with E-state index < -0.39 is 0 Å². The number of likely N-dealkylation sites (tertiary alicyclic amines) is 1. The summed E-state index contributed by atoms with van der Waals surface area (Å²) in [6.45, 7) is 6.95. The molecule has 8 heteroatoms. The topological polar surface area (TPSA) is 86.3 Å². The van der Waals surface area contributed by atoms with Crippen LogP contribution in [-0.4, -0.2) is 57.0 Å². The molecule has 1 aliphatic heterocycles. The van der Waals surface area contributed by atoms with Crippen LogP contribution < -0.4 is 0 Å². The van der Waals surface area contributed by atoms with Crippen molar-refractivity contribution in [2.24, 2.45) is 13.0 Å². The lowest BCUT2D eigenvalue weighted by molar-refractivity contribution is -0.130. The van der Waals surface area contributed by atoms with Crippen molar-refractivity contribution in [2.45, 2.75) is 71.1 Å². The molecule has 0 N–H and O–H groups in total. The van der Waals surface area contributed by atoms with E-state index in [1.54, 1.807) is 0 Å². The Morgan fingerprint density at radius 2 is 2.00 bits per heavy atom. The number of rotatable bonds is 9. The monoisotopic (exact) mass is 429 g/mol. The molecule has 1 saturated heterocycles. The number of carbonyl (C=O) groups is 1. The molecule has 1 atom stereocenters. The number of hydrogen-bond acceptors (Lipinski definition) is 6. The Morgan fingerprint density at radius 3 is 2.74 bits per heavy atom. The van der Waals surface area contributed by atoms with E-state index in [4.69, 9.17) is 9.26 Å². The lowest BCUT2D eigenvalue weighted by atomic mass is 10.1. The second-order valence-corrected chi connectivity index (χ2v) is 9.12. The summed E-state index contributed by atoms with van der Waals surface area (Å²) in [4.78, 5) is 19.2. The van der Waals surface area contributed by atoms with Crippen LogP contribution in [0.15, 0.2) is 4.52 Å². The highest BCUT2D eigenvalue weighted by Crippen LogP contribution is 2.27. The lowest BCUT2D eigenvalue weighted by Gasteiger charge is -2.15. The van der Waals surface area contributed by atoms with E-state index in [-0.39, 0.29) is 11.8 Å². The van der Waals surface area contributed by atoms with Crippen molar-refractivity contribution in [1.82, 2.24) is 24.8 Å². The van der Waals surface area contributed by atoms with Crippen LogP contribution in [0.4, 0.5) is 0 Å². The molecule has 2 aromatic heterocycles. The highest BCUT2D eigenvalue weighted by Gasteiger charge is 2.31. The van der Waals surface area contributed by atoms with E-state index in [1.807, 2.05) is 23.6 Å². The number of aryl methyl sites for hydroxylation is 2. The zero-order valence-corrected chi connectivity index (χ0v) is 19.1. The van der Waals surface area contributed by atoms with Gasteiger partial charge in [0.25, 0.3) is 0 Å². The Bertz CT molecular complexity index is 884. The third-order valence-corrected chi connectivity index (χ3v) is 6.92. The second kappa shape index (κ2) is 9.94. The van der Waals surface area contributed by atoms with Crippen LogP contribution in [0.3, 0.4) is 0 Å². The quantitative estimate of drug-likeness (QED) is 0.569. The van der Waals surface area contributed by atoms with E-state index in [1.165, 1.54) is 31.2 Å². The molecule has 0 aromatic carbocycles. The van der Waals surface area contributed by atoms with Gasteiger partial charge in [0.05, 0.1) is 18.2 Å². The van der Waals surface area contributed by atoms with Gasteiger partial charge in [0.2, 0.25) is 11.8 Å². The van der Waals surface area contributed by atoms with Crippen molar-refractivity contribution >= 4 is 5.91 Å². The molecule has 1 saturated carbocycles. The van der Waals surface area contributed by atoms with Gasteiger partial charge in [-0.1, -0.05) is 18.0 Å². The first-order valence-corrected chi connectivity index (χ1v) is 11.7. The molecule has 1 unspecified atom stereocenters. The van der Waals surface area contributed by atoms with Crippen molar-refractivity contribution in [1.29, 1.82) is 0 Å². The maximum absolute atomic E-state index is 12.7. The van der Waals surface area contributed by atoms with Crippen molar-refractivity contribution in [3.8, 4) is 0 Å². The van der Waals surface area contributed by atoms with Gasteiger partial charge >= 0.3 is 0 Å². The summed E-state index contributed by atoms with van der Waals surface area (Å²) in [6, 6.07) is 0.